The van der Waals surface area contributed by atoms with Crippen LogP contribution in [0.3, 0.4) is 0 Å². The number of hydrogen-bond acceptors (Lipinski definition) is 7. The molecular formula is C25H25N5O5. The molecule has 1 saturated heterocycles. The van der Waals surface area contributed by atoms with Crippen molar-refractivity contribution in [2.45, 2.75) is 12.6 Å². The number of benzene rings is 3. The van der Waals surface area contributed by atoms with Gasteiger partial charge in [-0.25, -0.2) is 0 Å². The number of non-ortho nitro benzene ring substituents is 1. The molecule has 5 rings (SSSR count). The van der Waals surface area contributed by atoms with Gasteiger partial charge < -0.3 is 14.6 Å². The molecule has 10 heteroatoms. The molecule has 2 heterocycles. The van der Waals surface area contributed by atoms with E-state index in [4.69, 9.17) is 0 Å². The molecule has 0 unspecified atom stereocenters. The molecule has 1 atom stereocenters. The fourth-order valence-corrected chi connectivity index (χ4v) is 4.98. The van der Waals surface area contributed by atoms with E-state index in [1.807, 2.05) is 29.2 Å². The molecule has 0 saturated carbocycles. The summed E-state index contributed by atoms with van der Waals surface area (Å²) in [7, 11) is 0. The summed E-state index contributed by atoms with van der Waals surface area (Å²) in [5.41, 5.74) is 1.99. The third-order valence-corrected chi connectivity index (χ3v) is 6.62. The van der Waals surface area contributed by atoms with E-state index in [2.05, 4.69) is 33.7 Å². The maximum atomic E-state index is 11.5. The molecule has 10 nitrogen and oxygen atoms in total. The summed E-state index contributed by atoms with van der Waals surface area (Å²) in [6, 6.07) is 20.1. The summed E-state index contributed by atoms with van der Waals surface area (Å²) < 4.78 is 2.16. The number of β-amino-alcohol motifs (C(OH)–C–C–N with tert-alkyl or cyclic N) is 1. The zero-order valence-corrected chi connectivity index (χ0v) is 19.0. The lowest BCUT2D eigenvalue weighted by Gasteiger charge is -2.36. The third kappa shape index (κ3) is 4.41. The second-order valence-electron chi connectivity index (χ2n) is 8.77. The van der Waals surface area contributed by atoms with Gasteiger partial charge in [-0.3, -0.25) is 25.1 Å². The van der Waals surface area contributed by atoms with Gasteiger partial charge >= 0.3 is 0 Å². The van der Waals surface area contributed by atoms with Crippen LogP contribution in [-0.4, -0.2) is 63.2 Å². The molecule has 0 amide bonds. The van der Waals surface area contributed by atoms with Crippen LogP contribution in [0.15, 0.2) is 66.7 Å². The van der Waals surface area contributed by atoms with Gasteiger partial charge in [0.05, 0.1) is 28.6 Å². The van der Waals surface area contributed by atoms with Gasteiger partial charge in [0.1, 0.15) is 5.69 Å². The minimum absolute atomic E-state index is 0.265. The van der Waals surface area contributed by atoms with E-state index in [0.29, 0.717) is 45.0 Å². The second-order valence-corrected chi connectivity index (χ2v) is 8.77. The zero-order chi connectivity index (χ0) is 24.5. The molecule has 180 valence electrons. The first-order valence-electron chi connectivity index (χ1n) is 11.5. The van der Waals surface area contributed by atoms with Crippen LogP contribution in [0.2, 0.25) is 0 Å². The summed E-state index contributed by atoms with van der Waals surface area (Å²) in [5.74, 6) is 0. The Balaban J connectivity index is 1.26. The molecule has 0 radical (unpaired) electrons. The first-order chi connectivity index (χ1) is 16.9. The minimum atomic E-state index is -0.632. The molecule has 1 fully saturated rings. The number of nitro groups is 2. The van der Waals surface area contributed by atoms with E-state index in [9.17, 15) is 25.3 Å². The number of para-hydroxylation sites is 2. The number of nitrogens with zero attached hydrogens (tertiary/aromatic N) is 5. The minimum Gasteiger partial charge on any atom is -0.390 e. The Labute approximate surface area is 200 Å². The first kappa shape index (κ1) is 22.8. The highest BCUT2D eigenvalue weighted by Crippen LogP contribution is 2.33. The maximum Gasteiger partial charge on any atom is 0.299 e. The van der Waals surface area contributed by atoms with Crippen molar-refractivity contribution in [2.75, 3.05) is 37.6 Å². The maximum absolute atomic E-state index is 11.5. The number of anilines is 1. The zero-order valence-electron chi connectivity index (χ0n) is 19.0. The number of hydrogen-bond donors (Lipinski definition) is 1. The number of aliphatic hydroxyl groups excluding tert-OH is 1. The Hall–Kier alpha value is -4.02. The summed E-state index contributed by atoms with van der Waals surface area (Å²) in [6.07, 6.45) is -0.588. The normalized spacial score (nSPS) is 15.5. The van der Waals surface area contributed by atoms with Crippen LogP contribution in [0.5, 0.6) is 0 Å². The van der Waals surface area contributed by atoms with Crippen molar-refractivity contribution in [3.63, 3.8) is 0 Å². The molecule has 0 spiro atoms. The Morgan fingerprint density at radius 2 is 1.40 bits per heavy atom. The molecule has 35 heavy (non-hydrogen) atoms. The van der Waals surface area contributed by atoms with E-state index < -0.39 is 16.0 Å². The van der Waals surface area contributed by atoms with Gasteiger partial charge in [-0.1, -0.05) is 36.4 Å². The van der Waals surface area contributed by atoms with Crippen LogP contribution >= 0.6 is 0 Å². The molecular weight excluding hydrogens is 450 g/mol. The Morgan fingerprint density at radius 1 is 0.800 bits per heavy atom. The fourth-order valence-electron chi connectivity index (χ4n) is 4.98. The van der Waals surface area contributed by atoms with Crippen LogP contribution in [0.1, 0.15) is 0 Å². The molecule has 1 N–H and O–H groups in total. The van der Waals surface area contributed by atoms with Crippen molar-refractivity contribution in [2.24, 2.45) is 0 Å². The molecule has 0 bridgehead atoms. The lowest BCUT2D eigenvalue weighted by Crippen LogP contribution is -2.49. The van der Waals surface area contributed by atoms with Crippen LogP contribution < -0.4 is 4.90 Å². The first-order valence-corrected chi connectivity index (χ1v) is 11.5. The van der Waals surface area contributed by atoms with Gasteiger partial charge in [0.25, 0.3) is 11.4 Å². The van der Waals surface area contributed by atoms with Crippen LogP contribution in [0, 0.1) is 20.2 Å². The Bertz CT molecular complexity index is 1360. The highest BCUT2D eigenvalue weighted by molar-refractivity contribution is 6.07. The van der Waals surface area contributed by atoms with E-state index in [-0.39, 0.29) is 11.4 Å². The van der Waals surface area contributed by atoms with Crippen LogP contribution in [0.4, 0.5) is 17.1 Å². The molecule has 1 aliphatic rings. The van der Waals surface area contributed by atoms with Gasteiger partial charge in [0.2, 0.25) is 0 Å². The van der Waals surface area contributed by atoms with Gasteiger partial charge in [0.15, 0.2) is 0 Å². The lowest BCUT2D eigenvalue weighted by atomic mass is 10.2. The van der Waals surface area contributed by atoms with Gasteiger partial charge in [-0.15, -0.1) is 0 Å². The van der Waals surface area contributed by atoms with E-state index >= 15 is 0 Å². The number of aromatic nitrogens is 1. The van der Waals surface area contributed by atoms with Crippen molar-refractivity contribution in [1.82, 2.24) is 9.47 Å². The highest BCUT2D eigenvalue weighted by Gasteiger charge is 2.27. The van der Waals surface area contributed by atoms with Crippen LogP contribution in [0.25, 0.3) is 21.8 Å². The smallest absolute Gasteiger partial charge is 0.299 e. The van der Waals surface area contributed by atoms with Crippen molar-refractivity contribution >= 4 is 38.9 Å². The number of rotatable bonds is 7. The molecule has 1 aromatic heterocycles. The van der Waals surface area contributed by atoms with E-state index in [1.165, 1.54) is 12.1 Å². The second kappa shape index (κ2) is 9.32. The quantitative estimate of drug-likeness (QED) is 0.319. The van der Waals surface area contributed by atoms with E-state index in [0.717, 1.165) is 27.9 Å². The monoisotopic (exact) mass is 475 g/mol. The number of piperazine rings is 1. The highest BCUT2D eigenvalue weighted by atomic mass is 16.6. The average Bonchev–Trinajstić information content (AvgIpc) is 3.18. The predicted octanol–water partition coefficient (Wildman–Crippen LogP) is 3.79. The summed E-state index contributed by atoms with van der Waals surface area (Å²) in [6.45, 7) is 3.25. The lowest BCUT2D eigenvalue weighted by molar-refractivity contribution is -0.393. The topological polar surface area (TPSA) is 118 Å². The Kier molecular flexibility index (Phi) is 6.06. The van der Waals surface area contributed by atoms with Crippen molar-refractivity contribution < 1.29 is 15.0 Å². The van der Waals surface area contributed by atoms with Crippen molar-refractivity contribution in [3.05, 3.63) is 87.0 Å². The average molecular weight is 476 g/mol. The number of fused-ring (bicyclic) bond motifs is 3. The predicted molar refractivity (Wildman–Crippen MR) is 134 cm³/mol. The molecule has 4 aromatic rings. The number of nitro benzene ring substituents is 2. The SMILES string of the molecule is O=[N+]([O-])c1ccc(N2CCN(C[C@H](O)Cn3c4ccccc4c4ccccc43)CC2)c([N+](=O)[O-])c1. The van der Waals surface area contributed by atoms with E-state index in [1.54, 1.807) is 0 Å². The fraction of sp³-hybridized carbons (Fsp3) is 0.280. The molecule has 0 aliphatic carbocycles. The van der Waals surface area contributed by atoms with Gasteiger partial charge in [-0.2, -0.15) is 0 Å². The summed E-state index contributed by atoms with van der Waals surface area (Å²) >= 11 is 0. The molecule has 1 aliphatic heterocycles. The standard InChI is InChI=1S/C25H25N5O5/c31-19(17-28-22-7-3-1-5-20(22)21-6-2-4-8-23(21)28)16-26-11-13-27(14-12-26)24-10-9-18(29(32)33)15-25(24)30(34)35/h1-10,15,19,31H,11-14,16-17H2/t19-/m0/s1. The number of aliphatic hydroxyl groups is 1. The summed E-state index contributed by atoms with van der Waals surface area (Å²) in [5, 5.41) is 35.8. The Morgan fingerprint density at radius 3 is 1.97 bits per heavy atom. The molecule has 3 aromatic carbocycles. The van der Waals surface area contributed by atoms with Crippen molar-refractivity contribution in [3.8, 4) is 0 Å². The van der Waals surface area contributed by atoms with Gasteiger partial charge in [-0.05, 0) is 18.2 Å². The van der Waals surface area contributed by atoms with Gasteiger partial charge in [0, 0.05) is 60.6 Å². The third-order valence-electron chi connectivity index (χ3n) is 6.62. The summed E-state index contributed by atoms with van der Waals surface area (Å²) in [4.78, 5) is 25.3. The van der Waals surface area contributed by atoms with Crippen LogP contribution in [-0.2, 0) is 6.54 Å². The largest absolute Gasteiger partial charge is 0.390 e. The van der Waals surface area contributed by atoms with Crippen molar-refractivity contribution in [1.29, 1.82) is 0 Å².